The fraction of sp³-hybridized carbons (Fsp3) is 0.188. The number of carbonyl (C=O) groups is 2. The summed E-state index contributed by atoms with van der Waals surface area (Å²) in [5.74, 6) is -0.843. The first-order valence-electron chi connectivity index (χ1n) is 6.52. The van der Waals surface area contributed by atoms with Crippen molar-refractivity contribution in [2.45, 2.75) is 13.3 Å². The summed E-state index contributed by atoms with van der Waals surface area (Å²) in [6.07, 6.45) is 4.17. The summed E-state index contributed by atoms with van der Waals surface area (Å²) < 4.78 is 0. The van der Waals surface area contributed by atoms with E-state index in [0.29, 0.717) is 18.5 Å². The maximum Gasteiger partial charge on any atom is 0.299 e. The van der Waals surface area contributed by atoms with E-state index < -0.39 is 11.7 Å². The Kier molecular flexibility index (Phi) is 3.06. The highest BCUT2D eigenvalue weighted by atomic mass is 16.2. The summed E-state index contributed by atoms with van der Waals surface area (Å²) in [6, 6.07) is 9.37. The zero-order valence-corrected chi connectivity index (χ0v) is 11.2. The Labute approximate surface area is 117 Å². The van der Waals surface area contributed by atoms with Gasteiger partial charge in [0.25, 0.3) is 11.7 Å². The van der Waals surface area contributed by atoms with Crippen LogP contribution in [0.25, 0.3) is 0 Å². The van der Waals surface area contributed by atoms with Gasteiger partial charge >= 0.3 is 0 Å². The van der Waals surface area contributed by atoms with Crippen molar-refractivity contribution in [3.05, 3.63) is 59.4 Å². The number of hydrogen-bond acceptors (Lipinski definition) is 3. The van der Waals surface area contributed by atoms with Crippen LogP contribution in [-0.2, 0) is 11.2 Å². The van der Waals surface area contributed by atoms with Crippen molar-refractivity contribution in [2.24, 2.45) is 0 Å². The van der Waals surface area contributed by atoms with Crippen LogP contribution in [0.2, 0.25) is 0 Å². The van der Waals surface area contributed by atoms with E-state index in [4.69, 9.17) is 0 Å². The van der Waals surface area contributed by atoms with Crippen LogP contribution in [0.4, 0.5) is 5.69 Å². The zero-order chi connectivity index (χ0) is 14.1. The number of rotatable bonds is 3. The number of amides is 1. The molecule has 3 rings (SSSR count). The van der Waals surface area contributed by atoms with E-state index in [1.807, 2.05) is 31.2 Å². The van der Waals surface area contributed by atoms with Gasteiger partial charge in [-0.3, -0.25) is 14.6 Å². The van der Waals surface area contributed by atoms with E-state index >= 15 is 0 Å². The minimum atomic E-state index is -0.436. The lowest BCUT2D eigenvalue weighted by atomic mass is 10.1. The molecule has 0 fully saturated rings. The van der Waals surface area contributed by atoms with E-state index in [0.717, 1.165) is 16.8 Å². The summed E-state index contributed by atoms with van der Waals surface area (Å²) in [4.78, 5) is 29.6. The van der Waals surface area contributed by atoms with Gasteiger partial charge in [-0.1, -0.05) is 17.7 Å². The molecule has 0 spiro atoms. The van der Waals surface area contributed by atoms with Crippen molar-refractivity contribution >= 4 is 17.4 Å². The molecule has 2 aromatic rings. The maximum absolute atomic E-state index is 12.1. The third-order valence-electron chi connectivity index (χ3n) is 3.47. The van der Waals surface area contributed by atoms with Gasteiger partial charge in [-0.25, -0.2) is 0 Å². The lowest BCUT2D eigenvalue weighted by Crippen LogP contribution is -2.31. The number of aryl methyl sites for hydroxylation is 1. The molecule has 0 aliphatic carbocycles. The average Bonchev–Trinajstić information content (AvgIpc) is 2.70. The number of anilines is 1. The fourth-order valence-electron chi connectivity index (χ4n) is 2.42. The molecule has 0 bridgehead atoms. The summed E-state index contributed by atoms with van der Waals surface area (Å²) in [6.45, 7) is 2.41. The van der Waals surface area contributed by atoms with Crippen molar-refractivity contribution in [1.82, 2.24) is 4.98 Å². The topological polar surface area (TPSA) is 50.3 Å². The van der Waals surface area contributed by atoms with E-state index in [1.165, 1.54) is 0 Å². The number of carbonyl (C=O) groups excluding carboxylic acids is 2. The van der Waals surface area contributed by atoms with Crippen molar-refractivity contribution < 1.29 is 9.59 Å². The van der Waals surface area contributed by atoms with Gasteiger partial charge in [0.1, 0.15) is 0 Å². The Morgan fingerprint density at radius 1 is 1.20 bits per heavy atom. The Balaban J connectivity index is 1.84. The Morgan fingerprint density at radius 2 is 2.05 bits per heavy atom. The van der Waals surface area contributed by atoms with Crippen LogP contribution in [0.3, 0.4) is 0 Å². The molecule has 4 nitrogen and oxygen atoms in total. The first-order chi connectivity index (χ1) is 9.66. The number of pyridine rings is 1. The molecule has 0 saturated heterocycles. The van der Waals surface area contributed by atoms with Crippen LogP contribution in [0, 0.1) is 6.92 Å². The summed E-state index contributed by atoms with van der Waals surface area (Å²) in [5.41, 5.74) is 3.27. The van der Waals surface area contributed by atoms with Crippen LogP contribution in [0.5, 0.6) is 0 Å². The van der Waals surface area contributed by atoms with Crippen molar-refractivity contribution in [3.8, 4) is 0 Å². The van der Waals surface area contributed by atoms with E-state index in [-0.39, 0.29) is 0 Å². The molecule has 1 aromatic heterocycles. The number of fused-ring (bicyclic) bond motifs is 1. The van der Waals surface area contributed by atoms with Crippen LogP contribution in [0.15, 0.2) is 42.7 Å². The minimum Gasteiger partial charge on any atom is -0.304 e. The second-order valence-corrected chi connectivity index (χ2v) is 4.92. The maximum atomic E-state index is 12.1. The predicted octanol–water partition coefficient (Wildman–Crippen LogP) is 2.16. The lowest BCUT2D eigenvalue weighted by molar-refractivity contribution is -0.114. The molecule has 0 unspecified atom stereocenters. The van der Waals surface area contributed by atoms with E-state index in [2.05, 4.69) is 4.98 Å². The number of nitrogens with zero attached hydrogens (tertiary/aromatic N) is 2. The van der Waals surface area contributed by atoms with Crippen LogP contribution in [-0.4, -0.2) is 23.2 Å². The van der Waals surface area contributed by atoms with Gasteiger partial charge in [0.05, 0.1) is 11.3 Å². The molecule has 0 radical (unpaired) electrons. The Morgan fingerprint density at radius 3 is 2.80 bits per heavy atom. The van der Waals surface area contributed by atoms with Crippen molar-refractivity contribution in [1.29, 1.82) is 0 Å². The van der Waals surface area contributed by atoms with Gasteiger partial charge in [0.15, 0.2) is 0 Å². The standard InChI is InChI=1S/C16H14N2O2/c1-11-4-5-14-13(9-11)15(19)16(20)18(14)8-6-12-3-2-7-17-10-12/h2-5,7,9-10H,6,8H2,1H3. The molecule has 20 heavy (non-hydrogen) atoms. The second-order valence-electron chi connectivity index (χ2n) is 4.92. The van der Waals surface area contributed by atoms with Gasteiger partial charge in [-0.05, 0) is 37.1 Å². The molecular weight excluding hydrogens is 252 g/mol. The molecule has 100 valence electrons. The summed E-state index contributed by atoms with van der Waals surface area (Å²) >= 11 is 0. The number of hydrogen-bond donors (Lipinski definition) is 0. The molecule has 0 atom stereocenters. The number of Topliss-reactive ketones (excluding diaryl/α,β-unsaturated/α-hetero) is 1. The molecule has 1 amide bonds. The zero-order valence-electron chi connectivity index (χ0n) is 11.2. The first-order valence-corrected chi connectivity index (χ1v) is 6.52. The molecule has 2 heterocycles. The SMILES string of the molecule is Cc1ccc2c(c1)C(=O)C(=O)N2CCc1cccnc1. The van der Waals surface area contributed by atoms with Crippen molar-refractivity contribution in [2.75, 3.05) is 11.4 Å². The third kappa shape index (κ3) is 2.09. The summed E-state index contributed by atoms with van der Waals surface area (Å²) in [7, 11) is 0. The van der Waals surface area contributed by atoms with Gasteiger partial charge < -0.3 is 4.90 Å². The largest absolute Gasteiger partial charge is 0.304 e. The molecular formula is C16H14N2O2. The van der Waals surface area contributed by atoms with E-state index in [9.17, 15) is 9.59 Å². The van der Waals surface area contributed by atoms with Gasteiger partial charge in [-0.2, -0.15) is 0 Å². The Bertz CT molecular complexity index is 680. The highest BCUT2D eigenvalue weighted by molar-refractivity contribution is 6.52. The molecule has 0 saturated carbocycles. The lowest BCUT2D eigenvalue weighted by Gasteiger charge is -2.16. The number of benzene rings is 1. The Hall–Kier alpha value is -2.49. The molecule has 1 aromatic carbocycles. The number of ketones is 1. The van der Waals surface area contributed by atoms with Crippen LogP contribution >= 0.6 is 0 Å². The van der Waals surface area contributed by atoms with Gasteiger partial charge in [0, 0.05) is 18.9 Å². The quantitative estimate of drug-likeness (QED) is 0.800. The highest BCUT2D eigenvalue weighted by Crippen LogP contribution is 2.29. The van der Waals surface area contributed by atoms with Gasteiger partial charge in [0.2, 0.25) is 0 Å². The molecule has 0 N–H and O–H groups in total. The summed E-state index contributed by atoms with van der Waals surface area (Å²) in [5, 5.41) is 0. The second kappa shape index (κ2) is 4.89. The highest BCUT2D eigenvalue weighted by Gasteiger charge is 2.35. The van der Waals surface area contributed by atoms with Crippen molar-refractivity contribution in [3.63, 3.8) is 0 Å². The van der Waals surface area contributed by atoms with Crippen LogP contribution in [0.1, 0.15) is 21.5 Å². The fourth-order valence-corrected chi connectivity index (χ4v) is 2.42. The van der Waals surface area contributed by atoms with E-state index in [1.54, 1.807) is 23.4 Å². The molecule has 1 aliphatic rings. The molecule has 4 heteroatoms. The van der Waals surface area contributed by atoms with Gasteiger partial charge in [-0.15, -0.1) is 0 Å². The average molecular weight is 266 g/mol. The molecule has 1 aliphatic heterocycles. The predicted molar refractivity (Wildman–Crippen MR) is 75.8 cm³/mol. The third-order valence-corrected chi connectivity index (χ3v) is 3.47. The normalized spacial score (nSPS) is 13.8. The monoisotopic (exact) mass is 266 g/mol. The minimum absolute atomic E-state index is 0.408. The van der Waals surface area contributed by atoms with Crippen LogP contribution < -0.4 is 4.90 Å². The smallest absolute Gasteiger partial charge is 0.299 e. The first kappa shape index (κ1) is 12.5. The number of aromatic nitrogens is 1.